The van der Waals surface area contributed by atoms with Crippen LogP contribution in [0.3, 0.4) is 0 Å². The molecule has 2 heteroatoms. The van der Waals surface area contributed by atoms with Crippen molar-refractivity contribution in [3.05, 3.63) is 144 Å². The zero-order valence-corrected chi connectivity index (χ0v) is 17.8. The number of para-hydroxylation sites is 2. The van der Waals surface area contributed by atoms with Crippen LogP contribution in [0, 0.1) is 0 Å². The van der Waals surface area contributed by atoms with E-state index in [1.165, 1.54) is 44.1 Å². The van der Waals surface area contributed by atoms with Crippen LogP contribution < -0.4 is 0 Å². The summed E-state index contributed by atoms with van der Waals surface area (Å²) in [5.74, 6) is 0.147. The van der Waals surface area contributed by atoms with Gasteiger partial charge >= 0.3 is 0 Å². The average molecular weight is 413 g/mol. The second-order valence-corrected chi connectivity index (χ2v) is 8.35. The van der Waals surface area contributed by atoms with Gasteiger partial charge in [-0.2, -0.15) is 0 Å². The number of fused-ring (bicyclic) bond motifs is 2. The summed E-state index contributed by atoms with van der Waals surface area (Å²) in [5, 5.41) is 2.59. The second kappa shape index (κ2) is 7.90. The van der Waals surface area contributed by atoms with Crippen LogP contribution in [0.5, 0.6) is 0 Å². The fourth-order valence-corrected chi connectivity index (χ4v) is 4.92. The molecular weight excluding hydrogens is 388 g/mol. The van der Waals surface area contributed by atoms with Crippen LogP contribution in [-0.4, -0.2) is 9.55 Å². The Bertz CT molecular complexity index is 1490. The minimum atomic E-state index is 0.147. The van der Waals surface area contributed by atoms with Gasteiger partial charge in [-0.15, -0.1) is 0 Å². The summed E-state index contributed by atoms with van der Waals surface area (Å²) in [6, 6.07) is 38.9. The van der Waals surface area contributed by atoms with E-state index >= 15 is 0 Å². The van der Waals surface area contributed by atoms with Gasteiger partial charge in [0.15, 0.2) is 0 Å². The molecule has 0 fully saturated rings. The van der Waals surface area contributed by atoms with Gasteiger partial charge < -0.3 is 9.55 Å². The zero-order chi connectivity index (χ0) is 21.3. The summed E-state index contributed by atoms with van der Waals surface area (Å²) in [6.07, 6.45) is 4.54. The van der Waals surface area contributed by atoms with Gasteiger partial charge in [-0.1, -0.05) is 97.1 Å². The molecular formula is C30H24N2. The predicted molar refractivity (Wildman–Crippen MR) is 133 cm³/mol. The van der Waals surface area contributed by atoms with Gasteiger partial charge in [0.05, 0.1) is 0 Å². The van der Waals surface area contributed by atoms with Gasteiger partial charge in [0, 0.05) is 46.7 Å². The van der Waals surface area contributed by atoms with Crippen molar-refractivity contribution >= 4 is 21.8 Å². The number of aromatic amines is 1. The third-order valence-corrected chi connectivity index (χ3v) is 6.39. The molecule has 32 heavy (non-hydrogen) atoms. The molecule has 6 aromatic rings. The summed E-state index contributed by atoms with van der Waals surface area (Å²) < 4.78 is 2.39. The largest absolute Gasteiger partial charge is 0.361 e. The lowest BCUT2D eigenvalue weighted by Crippen LogP contribution is -2.03. The molecule has 1 unspecified atom stereocenters. The topological polar surface area (TPSA) is 20.7 Å². The third kappa shape index (κ3) is 3.21. The molecule has 6 rings (SSSR count). The van der Waals surface area contributed by atoms with E-state index in [4.69, 9.17) is 0 Å². The van der Waals surface area contributed by atoms with Crippen molar-refractivity contribution < 1.29 is 0 Å². The first-order valence-electron chi connectivity index (χ1n) is 11.1. The Morgan fingerprint density at radius 1 is 0.625 bits per heavy atom. The number of hydrogen-bond donors (Lipinski definition) is 1. The fourth-order valence-electron chi connectivity index (χ4n) is 4.92. The van der Waals surface area contributed by atoms with E-state index in [1.54, 1.807) is 0 Å². The highest BCUT2D eigenvalue weighted by atomic mass is 15.0. The fraction of sp³-hybridized carbons (Fsp3) is 0.0667. The first kappa shape index (κ1) is 18.7. The molecule has 0 aliphatic heterocycles. The Kier molecular flexibility index (Phi) is 4.62. The SMILES string of the molecule is c1ccc(Cn2cc(C(c3ccccc3)c3c[nH]c4ccccc34)c3ccccc32)cc1. The van der Waals surface area contributed by atoms with Gasteiger partial charge in [-0.3, -0.25) is 0 Å². The highest BCUT2D eigenvalue weighted by Gasteiger charge is 2.24. The standard InChI is InChI=1S/C30H24N2/c1-3-11-22(12-4-1)20-32-21-27(25-16-8-10-18-29(25)32)30(23-13-5-2-6-14-23)26-19-31-28-17-9-7-15-24(26)28/h1-19,21,30-31H,20H2. The molecule has 0 amide bonds. The molecule has 0 radical (unpaired) electrons. The van der Waals surface area contributed by atoms with Crippen LogP contribution in [-0.2, 0) is 6.54 Å². The van der Waals surface area contributed by atoms with Crippen LogP contribution in [0.2, 0.25) is 0 Å². The number of hydrogen-bond acceptors (Lipinski definition) is 0. The molecule has 2 nitrogen and oxygen atoms in total. The van der Waals surface area contributed by atoms with Gasteiger partial charge in [0.2, 0.25) is 0 Å². The van der Waals surface area contributed by atoms with Crippen LogP contribution in [0.25, 0.3) is 21.8 Å². The maximum absolute atomic E-state index is 3.50. The number of aromatic nitrogens is 2. The number of benzene rings is 4. The van der Waals surface area contributed by atoms with Crippen LogP contribution in [0.15, 0.2) is 122 Å². The van der Waals surface area contributed by atoms with Gasteiger partial charge in [-0.25, -0.2) is 0 Å². The van der Waals surface area contributed by atoms with E-state index in [1.807, 2.05) is 0 Å². The van der Waals surface area contributed by atoms with E-state index in [-0.39, 0.29) is 5.92 Å². The molecule has 0 saturated carbocycles. The molecule has 2 heterocycles. The molecule has 154 valence electrons. The lowest BCUT2D eigenvalue weighted by Gasteiger charge is -2.17. The third-order valence-electron chi connectivity index (χ3n) is 6.39. The lowest BCUT2D eigenvalue weighted by atomic mass is 9.85. The van der Waals surface area contributed by atoms with Crippen molar-refractivity contribution in [2.24, 2.45) is 0 Å². The predicted octanol–water partition coefficient (Wildman–Crippen LogP) is 7.35. The van der Waals surface area contributed by atoms with E-state index in [2.05, 4.69) is 131 Å². The van der Waals surface area contributed by atoms with Crippen molar-refractivity contribution in [1.29, 1.82) is 0 Å². The smallest absolute Gasteiger partial charge is 0.0486 e. The van der Waals surface area contributed by atoms with Crippen molar-refractivity contribution in [3.8, 4) is 0 Å². The first-order chi connectivity index (χ1) is 15.9. The number of nitrogens with one attached hydrogen (secondary N) is 1. The first-order valence-corrected chi connectivity index (χ1v) is 11.1. The minimum Gasteiger partial charge on any atom is -0.361 e. The molecule has 0 saturated heterocycles. The van der Waals surface area contributed by atoms with Gasteiger partial charge in [-0.05, 0) is 34.4 Å². The summed E-state index contributed by atoms with van der Waals surface area (Å²) in [7, 11) is 0. The van der Waals surface area contributed by atoms with Crippen molar-refractivity contribution in [1.82, 2.24) is 9.55 Å². The maximum atomic E-state index is 3.50. The molecule has 1 atom stereocenters. The summed E-state index contributed by atoms with van der Waals surface area (Å²) in [6.45, 7) is 0.858. The minimum absolute atomic E-state index is 0.147. The summed E-state index contributed by atoms with van der Waals surface area (Å²) >= 11 is 0. The maximum Gasteiger partial charge on any atom is 0.0486 e. The van der Waals surface area contributed by atoms with E-state index < -0.39 is 0 Å². The normalized spacial score (nSPS) is 12.4. The Labute approximate surface area is 187 Å². The molecule has 0 aliphatic rings. The van der Waals surface area contributed by atoms with Crippen molar-refractivity contribution in [3.63, 3.8) is 0 Å². The molecule has 4 aromatic carbocycles. The van der Waals surface area contributed by atoms with Crippen molar-refractivity contribution in [2.45, 2.75) is 12.5 Å². The summed E-state index contributed by atoms with van der Waals surface area (Å²) in [5.41, 5.74) is 7.72. The van der Waals surface area contributed by atoms with Crippen LogP contribution >= 0.6 is 0 Å². The van der Waals surface area contributed by atoms with Crippen molar-refractivity contribution in [2.75, 3.05) is 0 Å². The van der Waals surface area contributed by atoms with E-state index in [9.17, 15) is 0 Å². The van der Waals surface area contributed by atoms with E-state index in [0.717, 1.165) is 6.54 Å². The monoisotopic (exact) mass is 412 g/mol. The quantitative estimate of drug-likeness (QED) is 0.305. The Balaban J connectivity index is 1.58. The van der Waals surface area contributed by atoms with Gasteiger partial charge in [0.25, 0.3) is 0 Å². The Hall–Kier alpha value is -4.04. The second-order valence-electron chi connectivity index (χ2n) is 8.35. The Morgan fingerprint density at radius 3 is 2.09 bits per heavy atom. The summed E-state index contributed by atoms with van der Waals surface area (Å²) in [4.78, 5) is 3.50. The highest BCUT2D eigenvalue weighted by molar-refractivity contribution is 5.89. The zero-order valence-electron chi connectivity index (χ0n) is 17.8. The molecule has 1 N–H and O–H groups in total. The molecule has 0 aliphatic carbocycles. The number of H-pyrrole nitrogens is 1. The van der Waals surface area contributed by atoms with Crippen LogP contribution in [0.4, 0.5) is 0 Å². The van der Waals surface area contributed by atoms with Gasteiger partial charge in [0.1, 0.15) is 0 Å². The molecule has 0 bridgehead atoms. The highest BCUT2D eigenvalue weighted by Crippen LogP contribution is 2.40. The van der Waals surface area contributed by atoms with Crippen LogP contribution in [0.1, 0.15) is 28.2 Å². The molecule has 2 aromatic heterocycles. The lowest BCUT2D eigenvalue weighted by molar-refractivity contribution is 0.826. The number of nitrogens with zero attached hydrogens (tertiary/aromatic N) is 1. The average Bonchev–Trinajstić information content (AvgIpc) is 3.44. The molecule has 0 spiro atoms. The van der Waals surface area contributed by atoms with E-state index in [0.29, 0.717) is 0 Å². The Morgan fingerprint density at radius 2 is 1.28 bits per heavy atom. The number of rotatable bonds is 5.